The molecule has 0 amide bonds. The van der Waals surface area contributed by atoms with Gasteiger partial charge in [-0.05, 0) is 169 Å². The number of aromatic hydroxyl groups is 6. The van der Waals surface area contributed by atoms with E-state index in [1.165, 1.54) is 0 Å². The van der Waals surface area contributed by atoms with Gasteiger partial charge in [0.05, 0.1) is 16.2 Å². The largest absolute Gasteiger partial charge is 0.507 e. The normalized spacial score (nSPS) is 14.3. The van der Waals surface area contributed by atoms with Crippen molar-refractivity contribution in [2.75, 3.05) is 0 Å². The molecule has 0 aliphatic heterocycles. The van der Waals surface area contributed by atoms with Crippen LogP contribution in [0.25, 0.3) is 98.0 Å². The van der Waals surface area contributed by atoms with Gasteiger partial charge < -0.3 is 30.6 Å². The van der Waals surface area contributed by atoms with E-state index in [-0.39, 0.29) is 34.5 Å². The van der Waals surface area contributed by atoms with Gasteiger partial charge in [-0.15, -0.1) is 0 Å². The van der Waals surface area contributed by atoms with Crippen molar-refractivity contribution in [1.29, 1.82) is 0 Å². The topological polar surface area (TPSA) is 121 Å². The molecule has 6 nitrogen and oxygen atoms in total. The second-order valence-electron chi connectivity index (χ2n) is 25.2. The van der Waals surface area contributed by atoms with Gasteiger partial charge in [-0.25, -0.2) is 0 Å². The van der Waals surface area contributed by atoms with Crippen LogP contribution in [0.2, 0.25) is 0 Å². The molecule has 0 aromatic heterocycles. The fourth-order valence-corrected chi connectivity index (χ4v) is 17.9. The Balaban J connectivity index is 1.19. The number of hydrogen-bond donors (Lipinski definition) is 6. The lowest BCUT2D eigenvalue weighted by atomic mass is 9.59. The summed E-state index contributed by atoms with van der Waals surface area (Å²) in [6.45, 7) is 0. The molecule has 0 heterocycles. The summed E-state index contributed by atoms with van der Waals surface area (Å²) in [6, 6.07) is 99.0. The van der Waals surface area contributed by atoms with Crippen LogP contribution in [-0.2, 0) is 16.2 Å². The summed E-state index contributed by atoms with van der Waals surface area (Å²) in [7, 11) is 0. The standard InChI is InChI=1S/C87H54O6/c88-73-43-37-67(49-19-1-7-25-55(49)73)85(68-38-44-74(89)56-26-8-2-20-50(56)68)64-34-16-13-31-61(64)79-82(85)80-62-32-14-17-35-65(62)86(69-39-45-75(90)57-27-9-3-21-51(57)69,70-40-46-76(91)58-28-10-4-22-52(58)70)84(80)81-63-33-15-18-36-66(63)87(83(79)81,71-41-47-77(92)59-29-11-5-23-53(59)71)72-42-48-78(93)60-30-12-6-24-54(60)72/h1-48,88-93H. The van der Waals surface area contributed by atoms with E-state index in [0.717, 1.165) is 132 Å². The van der Waals surface area contributed by atoms with Gasteiger partial charge in [-0.1, -0.05) is 255 Å². The van der Waals surface area contributed by atoms with Gasteiger partial charge in [0.1, 0.15) is 34.5 Å². The maximum Gasteiger partial charge on any atom is 0.123 e. The Morgan fingerprint density at radius 2 is 0.312 bits per heavy atom. The van der Waals surface area contributed by atoms with Crippen LogP contribution in [0.4, 0.5) is 0 Å². The SMILES string of the molecule is Oc1ccc(C2(c3ccc(O)c4ccccc34)c3ccccc3-c3c2c2c(c4c3C(c3ccc(O)c5ccccc35)(c3ccc(O)c5ccccc35)c3ccccc3-4)C(c3ccc(O)c4ccccc34)(c3ccc(O)c4ccccc34)c3ccccc3-2)c2ccccc12. The fourth-order valence-electron chi connectivity index (χ4n) is 17.9. The van der Waals surface area contributed by atoms with Gasteiger partial charge in [0, 0.05) is 32.3 Å². The number of hydrogen-bond acceptors (Lipinski definition) is 6. The summed E-state index contributed by atoms with van der Waals surface area (Å²) >= 11 is 0. The zero-order valence-electron chi connectivity index (χ0n) is 49.9. The molecule has 3 aliphatic rings. The minimum Gasteiger partial charge on any atom is -0.507 e. The Labute approximate surface area is 534 Å². The molecule has 438 valence electrons. The average molecular weight is 1200 g/mol. The molecule has 0 radical (unpaired) electrons. The van der Waals surface area contributed by atoms with E-state index in [1.54, 1.807) is 0 Å². The zero-order chi connectivity index (χ0) is 62.2. The second-order valence-corrected chi connectivity index (χ2v) is 25.2. The van der Waals surface area contributed by atoms with Crippen LogP contribution in [0.3, 0.4) is 0 Å². The summed E-state index contributed by atoms with van der Waals surface area (Å²) in [6.07, 6.45) is 0. The van der Waals surface area contributed by atoms with Crippen LogP contribution in [0.15, 0.2) is 291 Å². The third kappa shape index (κ3) is 6.51. The minimum absolute atomic E-state index is 0.140. The van der Waals surface area contributed by atoms with Crippen molar-refractivity contribution < 1.29 is 30.6 Å². The van der Waals surface area contributed by atoms with E-state index in [2.05, 4.69) is 146 Å². The quantitative estimate of drug-likeness (QED) is 0.0987. The highest BCUT2D eigenvalue weighted by Crippen LogP contribution is 2.75. The van der Waals surface area contributed by atoms with Crippen molar-refractivity contribution in [3.05, 3.63) is 358 Å². The van der Waals surface area contributed by atoms with Crippen LogP contribution in [0.1, 0.15) is 66.8 Å². The Morgan fingerprint density at radius 1 is 0.151 bits per heavy atom. The molecule has 0 bridgehead atoms. The summed E-state index contributed by atoms with van der Waals surface area (Å²) in [5.41, 5.74) is 13.3. The van der Waals surface area contributed by atoms with Crippen molar-refractivity contribution in [3.63, 3.8) is 0 Å². The molecule has 0 saturated carbocycles. The third-order valence-corrected chi connectivity index (χ3v) is 21.3. The lowest BCUT2D eigenvalue weighted by molar-refractivity contribution is 0.480. The Morgan fingerprint density at radius 3 is 0.505 bits per heavy atom. The molecule has 3 aliphatic carbocycles. The molecule has 6 N–H and O–H groups in total. The van der Waals surface area contributed by atoms with Gasteiger partial charge in [-0.3, -0.25) is 0 Å². The molecule has 16 aromatic carbocycles. The van der Waals surface area contributed by atoms with E-state index < -0.39 is 16.2 Å². The van der Waals surface area contributed by atoms with E-state index in [4.69, 9.17) is 0 Å². The molecular formula is C87H54O6. The van der Waals surface area contributed by atoms with Crippen molar-refractivity contribution in [2.24, 2.45) is 0 Å². The molecule has 0 spiro atoms. The highest BCUT2D eigenvalue weighted by Gasteiger charge is 2.62. The van der Waals surface area contributed by atoms with Crippen molar-refractivity contribution in [1.82, 2.24) is 0 Å². The van der Waals surface area contributed by atoms with Gasteiger partial charge in [0.15, 0.2) is 0 Å². The van der Waals surface area contributed by atoms with E-state index in [9.17, 15) is 30.6 Å². The second kappa shape index (κ2) is 19.0. The first-order chi connectivity index (χ1) is 45.7. The molecule has 0 atom stereocenters. The van der Waals surface area contributed by atoms with Crippen LogP contribution in [-0.4, -0.2) is 30.6 Å². The monoisotopic (exact) mass is 1190 g/mol. The number of rotatable bonds is 6. The van der Waals surface area contributed by atoms with E-state index >= 15 is 0 Å². The molecule has 19 rings (SSSR count). The van der Waals surface area contributed by atoms with E-state index in [0.29, 0.717) is 32.3 Å². The van der Waals surface area contributed by atoms with Gasteiger partial charge in [-0.2, -0.15) is 0 Å². The van der Waals surface area contributed by atoms with Gasteiger partial charge >= 0.3 is 0 Å². The van der Waals surface area contributed by atoms with Crippen LogP contribution < -0.4 is 0 Å². The lowest BCUT2D eigenvalue weighted by Gasteiger charge is -2.41. The van der Waals surface area contributed by atoms with Crippen LogP contribution >= 0.6 is 0 Å². The first-order valence-electron chi connectivity index (χ1n) is 31.5. The molecule has 16 aromatic rings. The maximum atomic E-state index is 12.3. The van der Waals surface area contributed by atoms with Crippen LogP contribution in [0.5, 0.6) is 34.5 Å². The number of phenols is 6. The van der Waals surface area contributed by atoms with Crippen molar-refractivity contribution in [3.8, 4) is 67.9 Å². The third-order valence-electron chi connectivity index (χ3n) is 21.3. The number of benzene rings is 16. The zero-order valence-corrected chi connectivity index (χ0v) is 49.9. The predicted octanol–water partition coefficient (Wildman–Crippen LogP) is 19.9. The predicted molar refractivity (Wildman–Crippen MR) is 373 cm³/mol. The molecule has 0 unspecified atom stereocenters. The molecule has 0 saturated heterocycles. The Kier molecular flexibility index (Phi) is 10.8. The summed E-state index contributed by atoms with van der Waals surface area (Å²) < 4.78 is 0. The summed E-state index contributed by atoms with van der Waals surface area (Å²) in [4.78, 5) is 0. The minimum atomic E-state index is -1.32. The summed E-state index contributed by atoms with van der Waals surface area (Å²) in [5.74, 6) is 0.841. The first kappa shape index (κ1) is 52.8. The highest BCUT2D eigenvalue weighted by atomic mass is 16.3. The smallest absolute Gasteiger partial charge is 0.123 e. The van der Waals surface area contributed by atoms with Crippen LogP contribution in [0, 0.1) is 0 Å². The Hall–Kier alpha value is -12.1. The first-order valence-corrected chi connectivity index (χ1v) is 31.5. The number of fused-ring (bicyclic) bond motifs is 18. The Bertz CT molecular complexity index is 5140. The van der Waals surface area contributed by atoms with Crippen molar-refractivity contribution in [2.45, 2.75) is 16.2 Å². The highest BCUT2D eigenvalue weighted by molar-refractivity contribution is 6.15. The summed E-state index contributed by atoms with van der Waals surface area (Å²) in [5, 5.41) is 82.7. The number of phenolic OH excluding ortho intramolecular Hbond substituents is 6. The van der Waals surface area contributed by atoms with E-state index in [1.807, 2.05) is 146 Å². The fraction of sp³-hybridized carbons (Fsp3) is 0.0345. The average Bonchev–Trinajstić information content (AvgIpc) is 1.47. The molecule has 0 fully saturated rings. The lowest BCUT2D eigenvalue weighted by Crippen LogP contribution is -2.34. The maximum absolute atomic E-state index is 12.3. The van der Waals surface area contributed by atoms with Crippen molar-refractivity contribution >= 4 is 64.6 Å². The molecular weight excluding hydrogens is 1140 g/mol. The van der Waals surface area contributed by atoms with Gasteiger partial charge in [0.25, 0.3) is 0 Å². The van der Waals surface area contributed by atoms with Gasteiger partial charge in [0.2, 0.25) is 0 Å². The molecule has 93 heavy (non-hydrogen) atoms. The molecule has 6 heteroatoms.